The summed E-state index contributed by atoms with van der Waals surface area (Å²) in [6.07, 6.45) is 2.31. The van der Waals surface area contributed by atoms with Gasteiger partial charge in [0, 0.05) is 28.9 Å². The predicted octanol–water partition coefficient (Wildman–Crippen LogP) is 3.66. The molecule has 0 radical (unpaired) electrons. The number of nitrogens with one attached hydrogen (secondary N) is 2. The zero-order chi connectivity index (χ0) is 23.8. The highest BCUT2D eigenvalue weighted by Crippen LogP contribution is 2.25. The summed E-state index contributed by atoms with van der Waals surface area (Å²) in [5.41, 5.74) is 1.80. The Hall–Kier alpha value is -2.07. The van der Waals surface area contributed by atoms with E-state index in [1.807, 2.05) is 31.2 Å². The maximum atomic E-state index is 12.1. The lowest BCUT2D eigenvalue weighted by Crippen LogP contribution is -2.39. The lowest BCUT2D eigenvalue weighted by molar-refractivity contribution is -0.143. The van der Waals surface area contributed by atoms with Crippen molar-refractivity contribution in [3.63, 3.8) is 0 Å². The third kappa shape index (κ3) is 7.46. The first-order chi connectivity index (χ1) is 15.8. The molecule has 1 aliphatic rings. The van der Waals surface area contributed by atoms with Gasteiger partial charge in [0.05, 0.1) is 10.8 Å². The van der Waals surface area contributed by atoms with Gasteiger partial charge in [0.15, 0.2) is 0 Å². The third-order valence-corrected chi connectivity index (χ3v) is 8.65. The third-order valence-electron chi connectivity index (χ3n) is 6.06. The maximum Gasteiger partial charge on any atom is 0.306 e. The largest absolute Gasteiger partial charge is 0.481 e. The number of benzene rings is 2. The Morgan fingerprint density at radius 2 is 1.88 bits per heavy atom. The van der Waals surface area contributed by atoms with Crippen molar-refractivity contribution in [1.29, 1.82) is 0 Å². The second-order valence-corrected chi connectivity index (χ2v) is 11.4. The standard InChI is InChI=1S/C24H33N3O4S2/c1-18-16-22(33(30,31)25-2)8-9-23(18)26-20(17-32-21-6-4-3-5-7-21)12-15-27-13-10-19(11-14-27)24(28)29/h3-9,16,19-20,25-26H,10-15,17H2,1-2H3,(H,28,29)/t20-/m1/s1. The maximum absolute atomic E-state index is 12.1. The molecule has 0 spiro atoms. The number of hydrogen-bond donors (Lipinski definition) is 3. The van der Waals surface area contributed by atoms with Gasteiger partial charge in [0.2, 0.25) is 10.0 Å². The normalized spacial score (nSPS) is 16.4. The number of nitrogens with zero attached hydrogens (tertiary/aromatic N) is 1. The van der Waals surface area contributed by atoms with Gasteiger partial charge in [-0.05, 0) is 82.2 Å². The highest BCUT2D eigenvalue weighted by molar-refractivity contribution is 7.99. The topological polar surface area (TPSA) is 98.7 Å². The summed E-state index contributed by atoms with van der Waals surface area (Å²) in [6.45, 7) is 4.43. The molecule has 0 bridgehead atoms. The average molecular weight is 492 g/mol. The van der Waals surface area contributed by atoms with Gasteiger partial charge in [-0.2, -0.15) is 0 Å². The molecule has 7 nitrogen and oxygen atoms in total. The molecule has 0 unspecified atom stereocenters. The molecule has 2 aromatic carbocycles. The highest BCUT2D eigenvalue weighted by Gasteiger charge is 2.25. The highest BCUT2D eigenvalue weighted by atomic mass is 32.2. The number of piperidine rings is 1. The molecule has 1 atom stereocenters. The zero-order valence-corrected chi connectivity index (χ0v) is 20.8. The minimum Gasteiger partial charge on any atom is -0.481 e. The van der Waals surface area contributed by atoms with Crippen molar-refractivity contribution >= 4 is 33.4 Å². The Labute approximate surface area is 201 Å². The van der Waals surface area contributed by atoms with Gasteiger partial charge in [-0.25, -0.2) is 13.1 Å². The van der Waals surface area contributed by atoms with Crippen LogP contribution in [0.25, 0.3) is 0 Å². The van der Waals surface area contributed by atoms with Gasteiger partial charge in [-0.3, -0.25) is 4.79 Å². The molecule has 1 aliphatic heterocycles. The van der Waals surface area contributed by atoms with Crippen molar-refractivity contribution in [3.05, 3.63) is 54.1 Å². The van der Waals surface area contributed by atoms with Crippen LogP contribution in [-0.4, -0.2) is 62.9 Å². The molecular formula is C24H33N3O4S2. The summed E-state index contributed by atoms with van der Waals surface area (Å²) >= 11 is 1.79. The first kappa shape index (κ1) is 25.6. The number of aryl methyl sites for hydroxylation is 1. The summed E-state index contributed by atoms with van der Waals surface area (Å²) < 4.78 is 26.6. The van der Waals surface area contributed by atoms with Crippen molar-refractivity contribution in [2.75, 3.05) is 37.8 Å². The minimum atomic E-state index is -3.48. The molecule has 0 aliphatic carbocycles. The van der Waals surface area contributed by atoms with E-state index in [4.69, 9.17) is 0 Å². The molecule has 180 valence electrons. The van der Waals surface area contributed by atoms with E-state index in [1.165, 1.54) is 11.9 Å². The summed E-state index contributed by atoms with van der Waals surface area (Å²) in [5, 5.41) is 12.8. The first-order valence-corrected chi connectivity index (χ1v) is 13.7. The number of carboxylic acid groups (broad SMARTS) is 1. The number of likely N-dealkylation sites (tertiary alicyclic amines) is 1. The molecule has 33 heavy (non-hydrogen) atoms. The molecule has 0 amide bonds. The van der Waals surface area contributed by atoms with E-state index in [1.54, 1.807) is 23.9 Å². The number of carbonyl (C=O) groups is 1. The number of carboxylic acids is 1. The smallest absolute Gasteiger partial charge is 0.306 e. The van der Waals surface area contributed by atoms with E-state index in [2.05, 4.69) is 27.1 Å². The van der Waals surface area contributed by atoms with Crippen LogP contribution in [0.3, 0.4) is 0 Å². The second kappa shape index (κ2) is 11.9. The van der Waals surface area contributed by atoms with Crippen LogP contribution < -0.4 is 10.0 Å². The Morgan fingerprint density at radius 1 is 1.18 bits per heavy atom. The second-order valence-electron chi connectivity index (χ2n) is 8.39. The Morgan fingerprint density at radius 3 is 2.48 bits per heavy atom. The van der Waals surface area contributed by atoms with E-state index in [0.717, 1.165) is 43.1 Å². The summed E-state index contributed by atoms with van der Waals surface area (Å²) in [5.74, 6) is -0.0439. The summed E-state index contributed by atoms with van der Waals surface area (Å²) in [6, 6.07) is 15.6. The molecule has 0 saturated carbocycles. The van der Waals surface area contributed by atoms with Gasteiger partial charge < -0.3 is 15.3 Å². The van der Waals surface area contributed by atoms with Crippen LogP contribution in [-0.2, 0) is 14.8 Å². The monoisotopic (exact) mass is 491 g/mol. The molecule has 9 heteroatoms. The SMILES string of the molecule is CNS(=O)(=O)c1ccc(N[C@H](CCN2CCC(C(=O)O)CC2)CSc2ccccc2)c(C)c1. The number of thioether (sulfide) groups is 1. The molecule has 1 fully saturated rings. The van der Waals surface area contributed by atoms with Crippen molar-refractivity contribution in [2.45, 2.75) is 42.0 Å². The number of rotatable bonds is 11. The van der Waals surface area contributed by atoms with Crippen LogP contribution in [0.1, 0.15) is 24.8 Å². The van der Waals surface area contributed by atoms with Crippen molar-refractivity contribution in [2.24, 2.45) is 5.92 Å². The number of aliphatic carboxylic acids is 1. The minimum absolute atomic E-state index is 0.179. The number of hydrogen-bond acceptors (Lipinski definition) is 6. The van der Waals surface area contributed by atoms with Gasteiger partial charge in [0.1, 0.15) is 0 Å². The fraction of sp³-hybridized carbons (Fsp3) is 0.458. The molecule has 3 N–H and O–H groups in total. The van der Waals surface area contributed by atoms with Crippen LogP contribution >= 0.6 is 11.8 Å². The summed E-state index contributed by atoms with van der Waals surface area (Å²) in [7, 11) is -2.07. The van der Waals surface area contributed by atoms with E-state index in [-0.39, 0.29) is 16.9 Å². The van der Waals surface area contributed by atoms with Gasteiger partial charge in [0.25, 0.3) is 0 Å². The molecular weight excluding hydrogens is 458 g/mol. The fourth-order valence-electron chi connectivity index (χ4n) is 3.96. The Kier molecular flexibility index (Phi) is 9.19. The zero-order valence-electron chi connectivity index (χ0n) is 19.2. The lowest BCUT2D eigenvalue weighted by Gasteiger charge is -2.31. The first-order valence-electron chi connectivity index (χ1n) is 11.2. The van der Waals surface area contributed by atoms with E-state index in [9.17, 15) is 18.3 Å². The lowest BCUT2D eigenvalue weighted by atomic mass is 9.97. The number of sulfonamides is 1. The van der Waals surface area contributed by atoms with E-state index < -0.39 is 16.0 Å². The summed E-state index contributed by atoms with van der Waals surface area (Å²) in [4.78, 5) is 15.0. The molecule has 1 saturated heterocycles. The predicted molar refractivity (Wildman–Crippen MR) is 133 cm³/mol. The van der Waals surface area contributed by atoms with Gasteiger partial charge in [-0.1, -0.05) is 18.2 Å². The van der Waals surface area contributed by atoms with Crippen LogP contribution in [0.4, 0.5) is 5.69 Å². The molecule has 0 aromatic heterocycles. The molecule has 3 rings (SSSR count). The quantitative estimate of drug-likeness (QED) is 0.413. The van der Waals surface area contributed by atoms with E-state index in [0.29, 0.717) is 12.8 Å². The Balaban J connectivity index is 1.66. The van der Waals surface area contributed by atoms with Gasteiger partial charge >= 0.3 is 5.97 Å². The van der Waals surface area contributed by atoms with E-state index >= 15 is 0 Å². The molecule has 2 aromatic rings. The van der Waals surface area contributed by atoms with Crippen molar-refractivity contribution in [1.82, 2.24) is 9.62 Å². The van der Waals surface area contributed by atoms with Crippen molar-refractivity contribution in [3.8, 4) is 0 Å². The van der Waals surface area contributed by atoms with Crippen molar-refractivity contribution < 1.29 is 18.3 Å². The van der Waals surface area contributed by atoms with Gasteiger partial charge in [-0.15, -0.1) is 11.8 Å². The average Bonchev–Trinajstić information content (AvgIpc) is 2.82. The van der Waals surface area contributed by atoms with Crippen LogP contribution in [0.2, 0.25) is 0 Å². The van der Waals surface area contributed by atoms with Crippen LogP contribution in [0.15, 0.2) is 58.3 Å². The molecule has 1 heterocycles. The van der Waals surface area contributed by atoms with Crippen LogP contribution in [0, 0.1) is 12.8 Å². The fourth-order valence-corrected chi connectivity index (χ4v) is 5.76. The van der Waals surface area contributed by atoms with Crippen LogP contribution in [0.5, 0.6) is 0 Å². The Bertz CT molecular complexity index is 1020. The number of anilines is 1.